The largest absolute Gasteiger partial charge is 0.481 e. The van der Waals surface area contributed by atoms with Gasteiger partial charge in [-0.1, -0.05) is 32.0 Å². The van der Waals surface area contributed by atoms with Crippen molar-refractivity contribution in [3.8, 4) is 5.75 Å². The van der Waals surface area contributed by atoms with E-state index in [0.717, 1.165) is 11.3 Å². The number of amides is 1. The second-order valence-corrected chi connectivity index (χ2v) is 4.66. The Hall–Kier alpha value is -1.51. The summed E-state index contributed by atoms with van der Waals surface area (Å²) in [6, 6.07) is 7.70. The number of benzene rings is 1. The molecule has 94 valence electrons. The molecule has 0 aliphatic rings. The normalized spacial score (nSPS) is 12.3. The van der Waals surface area contributed by atoms with E-state index in [1.165, 1.54) is 0 Å². The second kappa shape index (κ2) is 6.28. The molecule has 17 heavy (non-hydrogen) atoms. The first-order valence-corrected chi connectivity index (χ1v) is 6.00. The van der Waals surface area contributed by atoms with Crippen molar-refractivity contribution in [2.24, 2.45) is 5.92 Å². The van der Waals surface area contributed by atoms with Gasteiger partial charge in [0.1, 0.15) is 5.75 Å². The van der Waals surface area contributed by atoms with Crippen molar-refractivity contribution in [3.63, 3.8) is 0 Å². The van der Waals surface area contributed by atoms with Gasteiger partial charge in [-0.25, -0.2) is 0 Å². The Morgan fingerprint density at radius 1 is 1.29 bits per heavy atom. The minimum Gasteiger partial charge on any atom is -0.481 e. The summed E-state index contributed by atoms with van der Waals surface area (Å²) in [6.07, 6.45) is -0.463. The Labute approximate surface area is 103 Å². The highest BCUT2D eigenvalue weighted by Gasteiger charge is 2.15. The molecule has 3 heteroatoms. The van der Waals surface area contributed by atoms with Gasteiger partial charge in [-0.15, -0.1) is 0 Å². The van der Waals surface area contributed by atoms with E-state index < -0.39 is 6.10 Å². The van der Waals surface area contributed by atoms with E-state index in [2.05, 4.69) is 19.2 Å². The van der Waals surface area contributed by atoms with E-state index in [1.54, 1.807) is 6.92 Å². The lowest BCUT2D eigenvalue weighted by molar-refractivity contribution is -0.127. The first-order chi connectivity index (χ1) is 8.00. The van der Waals surface area contributed by atoms with Crippen LogP contribution in [0.2, 0.25) is 0 Å². The molecule has 0 bridgehead atoms. The van der Waals surface area contributed by atoms with Crippen LogP contribution in [0.25, 0.3) is 0 Å². The van der Waals surface area contributed by atoms with Crippen LogP contribution in [-0.2, 0) is 4.79 Å². The zero-order chi connectivity index (χ0) is 12.8. The number of aryl methyl sites for hydroxylation is 1. The highest BCUT2D eigenvalue weighted by molar-refractivity contribution is 5.80. The summed E-state index contributed by atoms with van der Waals surface area (Å²) in [5.41, 5.74) is 1.04. The molecule has 0 spiro atoms. The Balaban J connectivity index is 2.51. The number of para-hydroxylation sites is 1. The molecule has 1 atom stereocenters. The lowest BCUT2D eigenvalue weighted by Gasteiger charge is -2.16. The van der Waals surface area contributed by atoms with Gasteiger partial charge in [0.25, 0.3) is 5.91 Å². The molecule has 1 amide bonds. The molecule has 1 aromatic rings. The molecular formula is C14H21NO2. The van der Waals surface area contributed by atoms with E-state index in [-0.39, 0.29) is 5.91 Å². The van der Waals surface area contributed by atoms with Crippen LogP contribution in [0.1, 0.15) is 26.3 Å². The summed E-state index contributed by atoms with van der Waals surface area (Å²) in [7, 11) is 0. The van der Waals surface area contributed by atoms with Gasteiger partial charge in [-0.2, -0.15) is 0 Å². The van der Waals surface area contributed by atoms with Crippen LogP contribution >= 0.6 is 0 Å². The van der Waals surface area contributed by atoms with E-state index in [4.69, 9.17) is 4.74 Å². The Morgan fingerprint density at radius 3 is 2.53 bits per heavy atom. The quantitative estimate of drug-likeness (QED) is 0.851. The molecule has 0 radical (unpaired) electrons. The van der Waals surface area contributed by atoms with E-state index in [1.807, 2.05) is 31.2 Å². The number of ether oxygens (including phenoxy) is 1. The zero-order valence-electron chi connectivity index (χ0n) is 11.0. The van der Waals surface area contributed by atoms with Gasteiger partial charge < -0.3 is 10.1 Å². The maximum absolute atomic E-state index is 11.7. The van der Waals surface area contributed by atoms with Crippen LogP contribution in [0.15, 0.2) is 24.3 Å². The van der Waals surface area contributed by atoms with Gasteiger partial charge in [-0.3, -0.25) is 4.79 Å². The summed E-state index contributed by atoms with van der Waals surface area (Å²) in [6.45, 7) is 8.54. The molecule has 0 saturated heterocycles. The third kappa shape index (κ3) is 4.47. The molecule has 0 saturated carbocycles. The van der Waals surface area contributed by atoms with Crippen LogP contribution < -0.4 is 10.1 Å². The SMILES string of the molecule is Cc1ccccc1O[C@H](C)C(=O)NCC(C)C. The second-order valence-electron chi connectivity index (χ2n) is 4.66. The lowest BCUT2D eigenvalue weighted by Crippen LogP contribution is -2.38. The number of hydrogen-bond donors (Lipinski definition) is 1. The minimum absolute atomic E-state index is 0.0676. The highest BCUT2D eigenvalue weighted by Crippen LogP contribution is 2.17. The van der Waals surface area contributed by atoms with Crippen LogP contribution in [0.3, 0.4) is 0 Å². The van der Waals surface area contributed by atoms with Crippen molar-refractivity contribution >= 4 is 5.91 Å². The fourth-order valence-corrected chi connectivity index (χ4v) is 1.38. The molecule has 0 aliphatic heterocycles. The van der Waals surface area contributed by atoms with Gasteiger partial charge in [-0.05, 0) is 31.4 Å². The minimum atomic E-state index is -0.463. The monoisotopic (exact) mass is 235 g/mol. The van der Waals surface area contributed by atoms with Crippen LogP contribution in [-0.4, -0.2) is 18.6 Å². The van der Waals surface area contributed by atoms with Crippen molar-refractivity contribution in [1.29, 1.82) is 0 Å². The number of carbonyl (C=O) groups is 1. The molecule has 0 fully saturated rings. The van der Waals surface area contributed by atoms with Gasteiger partial charge in [0, 0.05) is 6.54 Å². The van der Waals surface area contributed by atoms with Gasteiger partial charge in [0.2, 0.25) is 0 Å². The Kier molecular flexibility index (Phi) is 5.01. The number of hydrogen-bond acceptors (Lipinski definition) is 2. The number of carbonyl (C=O) groups excluding carboxylic acids is 1. The first kappa shape index (κ1) is 13.6. The van der Waals surface area contributed by atoms with Crippen LogP contribution in [0.5, 0.6) is 5.75 Å². The molecule has 0 unspecified atom stereocenters. The fraction of sp³-hybridized carbons (Fsp3) is 0.500. The molecule has 0 aromatic heterocycles. The van der Waals surface area contributed by atoms with Gasteiger partial charge >= 0.3 is 0 Å². The smallest absolute Gasteiger partial charge is 0.260 e. The summed E-state index contributed by atoms with van der Waals surface area (Å²) in [4.78, 5) is 11.7. The summed E-state index contributed by atoms with van der Waals surface area (Å²) < 4.78 is 5.63. The molecule has 1 N–H and O–H groups in total. The maximum atomic E-state index is 11.7. The topological polar surface area (TPSA) is 38.3 Å². The van der Waals surface area contributed by atoms with Crippen LogP contribution in [0, 0.1) is 12.8 Å². The molecule has 1 rings (SSSR count). The van der Waals surface area contributed by atoms with E-state index in [9.17, 15) is 4.79 Å². The van der Waals surface area contributed by atoms with E-state index >= 15 is 0 Å². The average molecular weight is 235 g/mol. The van der Waals surface area contributed by atoms with Crippen molar-refractivity contribution in [2.75, 3.05) is 6.54 Å². The Bertz CT molecular complexity index is 374. The summed E-state index contributed by atoms with van der Waals surface area (Å²) in [5, 5.41) is 2.86. The number of rotatable bonds is 5. The molecule has 3 nitrogen and oxygen atoms in total. The van der Waals surface area contributed by atoms with Gasteiger partial charge in [0.05, 0.1) is 0 Å². The van der Waals surface area contributed by atoms with E-state index in [0.29, 0.717) is 12.5 Å². The molecule has 0 heterocycles. The fourth-order valence-electron chi connectivity index (χ4n) is 1.38. The summed E-state index contributed by atoms with van der Waals surface area (Å²) >= 11 is 0. The van der Waals surface area contributed by atoms with Crippen molar-refractivity contribution in [3.05, 3.63) is 29.8 Å². The van der Waals surface area contributed by atoms with Gasteiger partial charge in [0.15, 0.2) is 6.10 Å². The predicted octanol–water partition coefficient (Wildman–Crippen LogP) is 2.53. The maximum Gasteiger partial charge on any atom is 0.260 e. The summed E-state index contributed by atoms with van der Waals surface area (Å²) in [5.74, 6) is 1.14. The third-order valence-electron chi connectivity index (χ3n) is 2.45. The predicted molar refractivity (Wildman–Crippen MR) is 69.1 cm³/mol. The zero-order valence-corrected chi connectivity index (χ0v) is 11.0. The standard InChI is InChI=1S/C14H21NO2/c1-10(2)9-15-14(16)12(4)17-13-8-6-5-7-11(13)3/h5-8,10,12H,9H2,1-4H3,(H,15,16)/t12-/m1/s1. The molecule has 0 aliphatic carbocycles. The molecular weight excluding hydrogens is 214 g/mol. The average Bonchev–Trinajstić information content (AvgIpc) is 2.28. The van der Waals surface area contributed by atoms with Crippen molar-refractivity contribution in [1.82, 2.24) is 5.32 Å². The first-order valence-electron chi connectivity index (χ1n) is 6.00. The Morgan fingerprint density at radius 2 is 1.94 bits per heavy atom. The van der Waals surface area contributed by atoms with Crippen molar-refractivity contribution < 1.29 is 9.53 Å². The van der Waals surface area contributed by atoms with Crippen LogP contribution in [0.4, 0.5) is 0 Å². The third-order valence-corrected chi connectivity index (χ3v) is 2.45. The highest BCUT2D eigenvalue weighted by atomic mass is 16.5. The molecule has 1 aromatic carbocycles. The number of nitrogens with one attached hydrogen (secondary N) is 1. The lowest BCUT2D eigenvalue weighted by atomic mass is 10.2. The van der Waals surface area contributed by atoms with Crippen molar-refractivity contribution in [2.45, 2.75) is 33.8 Å².